The second kappa shape index (κ2) is 4.49. The predicted molar refractivity (Wildman–Crippen MR) is 51.6 cm³/mol. The third-order valence-corrected chi connectivity index (χ3v) is 2.53. The van der Waals surface area contributed by atoms with Crippen LogP contribution in [0.15, 0.2) is 0 Å². The van der Waals surface area contributed by atoms with Gasteiger partial charge in [0.25, 0.3) is 0 Å². The highest BCUT2D eigenvalue weighted by Crippen LogP contribution is 2.19. The van der Waals surface area contributed by atoms with Gasteiger partial charge in [-0.2, -0.15) is 0 Å². The molecule has 0 aliphatic carbocycles. The summed E-state index contributed by atoms with van der Waals surface area (Å²) in [5.74, 6) is 0.489. The lowest BCUT2D eigenvalue weighted by Gasteiger charge is -2.23. The second-order valence-corrected chi connectivity index (χ2v) is 3.94. The van der Waals surface area contributed by atoms with Crippen molar-refractivity contribution in [2.24, 2.45) is 5.92 Å². The molecule has 1 fully saturated rings. The molecule has 1 unspecified atom stereocenters. The molecular weight excluding hydrogens is 166 g/mol. The zero-order valence-electron chi connectivity index (χ0n) is 8.75. The Morgan fingerprint density at radius 3 is 2.85 bits per heavy atom. The van der Waals surface area contributed by atoms with Gasteiger partial charge in [-0.1, -0.05) is 27.2 Å². The number of unbranched alkanes of at least 4 members (excludes halogenated alkanes) is 1. The normalized spacial score (nSPS) is 22.6. The highest BCUT2D eigenvalue weighted by Gasteiger charge is 2.33. The van der Waals surface area contributed by atoms with E-state index in [4.69, 9.17) is 4.74 Å². The number of hydrogen-bond donors (Lipinski definition) is 0. The number of amides is 1. The Morgan fingerprint density at radius 2 is 2.31 bits per heavy atom. The maximum Gasteiger partial charge on any atom is 0.410 e. The maximum absolute atomic E-state index is 11.3. The van der Waals surface area contributed by atoms with Crippen molar-refractivity contribution in [2.45, 2.75) is 39.7 Å². The van der Waals surface area contributed by atoms with E-state index in [2.05, 4.69) is 20.8 Å². The van der Waals surface area contributed by atoms with Crippen LogP contribution in [0.4, 0.5) is 4.79 Å². The first-order valence-corrected chi connectivity index (χ1v) is 5.10. The van der Waals surface area contributed by atoms with Gasteiger partial charge in [-0.15, -0.1) is 0 Å². The third-order valence-electron chi connectivity index (χ3n) is 2.53. The van der Waals surface area contributed by atoms with Gasteiger partial charge < -0.3 is 9.64 Å². The summed E-state index contributed by atoms with van der Waals surface area (Å²) in [6.07, 6.45) is 2.06. The van der Waals surface area contributed by atoms with Crippen molar-refractivity contribution in [3.63, 3.8) is 0 Å². The molecule has 1 rings (SSSR count). The summed E-state index contributed by atoms with van der Waals surface area (Å²) in [5.41, 5.74) is 0. The van der Waals surface area contributed by atoms with Crippen LogP contribution in [0.1, 0.15) is 33.6 Å². The Balaban J connectivity index is 2.50. The number of carbonyl (C=O) groups excluding carboxylic acids is 1. The van der Waals surface area contributed by atoms with Gasteiger partial charge in [0.1, 0.15) is 6.61 Å². The molecule has 0 aromatic carbocycles. The highest BCUT2D eigenvalue weighted by molar-refractivity contribution is 5.70. The van der Waals surface area contributed by atoms with E-state index in [0.717, 1.165) is 19.4 Å². The summed E-state index contributed by atoms with van der Waals surface area (Å²) >= 11 is 0. The predicted octanol–water partition coefficient (Wildman–Crippen LogP) is 2.26. The van der Waals surface area contributed by atoms with Gasteiger partial charge in [-0.25, -0.2) is 4.79 Å². The molecule has 1 saturated heterocycles. The van der Waals surface area contributed by atoms with Gasteiger partial charge in [0, 0.05) is 6.54 Å². The largest absolute Gasteiger partial charge is 0.447 e. The van der Waals surface area contributed by atoms with Crippen molar-refractivity contribution in [2.75, 3.05) is 13.2 Å². The number of ether oxygens (including phenoxy) is 1. The Labute approximate surface area is 80.1 Å². The number of rotatable bonds is 4. The molecule has 1 heterocycles. The lowest BCUT2D eigenvalue weighted by Crippen LogP contribution is -2.37. The lowest BCUT2D eigenvalue weighted by molar-refractivity contribution is 0.156. The summed E-state index contributed by atoms with van der Waals surface area (Å²) in [6.45, 7) is 7.81. The average Bonchev–Trinajstić information content (AvgIpc) is 2.43. The van der Waals surface area contributed by atoms with Crippen LogP contribution in [-0.2, 0) is 4.74 Å². The van der Waals surface area contributed by atoms with Crippen molar-refractivity contribution in [3.8, 4) is 0 Å². The number of nitrogens with zero attached hydrogens (tertiary/aromatic N) is 1. The van der Waals surface area contributed by atoms with Crippen molar-refractivity contribution in [1.29, 1.82) is 0 Å². The van der Waals surface area contributed by atoms with Gasteiger partial charge >= 0.3 is 6.09 Å². The van der Waals surface area contributed by atoms with E-state index >= 15 is 0 Å². The molecule has 0 spiro atoms. The first kappa shape index (κ1) is 10.4. The fraction of sp³-hybridized carbons (Fsp3) is 0.900. The van der Waals surface area contributed by atoms with Crippen LogP contribution in [0.5, 0.6) is 0 Å². The van der Waals surface area contributed by atoms with E-state index in [1.807, 2.05) is 4.90 Å². The Morgan fingerprint density at radius 1 is 1.62 bits per heavy atom. The molecule has 1 amide bonds. The molecule has 3 heteroatoms. The minimum atomic E-state index is -0.132. The molecule has 13 heavy (non-hydrogen) atoms. The van der Waals surface area contributed by atoms with Crippen LogP contribution in [0.2, 0.25) is 0 Å². The van der Waals surface area contributed by atoms with Gasteiger partial charge in [-0.3, -0.25) is 0 Å². The van der Waals surface area contributed by atoms with E-state index < -0.39 is 0 Å². The van der Waals surface area contributed by atoms with Crippen LogP contribution in [-0.4, -0.2) is 30.2 Å². The van der Waals surface area contributed by atoms with Crippen LogP contribution in [0.3, 0.4) is 0 Å². The van der Waals surface area contributed by atoms with E-state index in [-0.39, 0.29) is 6.09 Å². The quantitative estimate of drug-likeness (QED) is 0.672. The van der Waals surface area contributed by atoms with Crippen molar-refractivity contribution in [1.82, 2.24) is 4.90 Å². The van der Waals surface area contributed by atoms with E-state index in [1.165, 1.54) is 0 Å². The number of cyclic esters (lactones) is 1. The molecule has 0 bridgehead atoms. The molecule has 1 aliphatic rings. The molecule has 1 aliphatic heterocycles. The van der Waals surface area contributed by atoms with Crippen LogP contribution in [0.25, 0.3) is 0 Å². The zero-order valence-corrected chi connectivity index (χ0v) is 8.75. The molecule has 0 N–H and O–H groups in total. The van der Waals surface area contributed by atoms with E-state index in [1.54, 1.807) is 0 Å². The fourth-order valence-corrected chi connectivity index (χ4v) is 1.60. The van der Waals surface area contributed by atoms with E-state index in [9.17, 15) is 4.79 Å². The molecule has 0 saturated carbocycles. The summed E-state index contributed by atoms with van der Waals surface area (Å²) in [4.78, 5) is 13.2. The molecule has 0 radical (unpaired) electrons. The van der Waals surface area contributed by atoms with E-state index in [0.29, 0.717) is 18.6 Å². The number of carbonyl (C=O) groups is 1. The Hall–Kier alpha value is -0.730. The summed E-state index contributed by atoms with van der Waals surface area (Å²) < 4.78 is 5.02. The zero-order chi connectivity index (χ0) is 9.84. The summed E-state index contributed by atoms with van der Waals surface area (Å²) in [7, 11) is 0. The highest BCUT2D eigenvalue weighted by atomic mass is 16.6. The smallest absolute Gasteiger partial charge is 0.410 e. The van der Waals surface area contributed by atoms with Gasteiger partial charge in [0.2, 0.25) is 0 Å². The SMILES string of the molecule is CCCCN1C(=O)OCC1C(C)C. The summed E-state index contributed by atoms with van der Waals surface area (Å²) in [5, 5.41) is 0. The minimum absolute atomic E-state index is 0.132. The topological polar surface area (TPSA) is 29.5 Å². The van der Waals surface area contributed by atoms with Gasteiger partial charge in [0.15, 0.2) is 0 Å². The van der Waals surface area contributed by atoms with Crippen molar-refractivity contribution in [3.05, 3.63) is 0 Å². The van der Waals surface area contributed by atoms with Crippen molar-refractivity contribution < 1.29 is 9.53 Å². The minimum Gasteiger partial charge on any atom is -0.447 e. The van der Waals surface area contributed by atoms with Gasteiger partial charge in [-0.05, 0) is 12.3 Å². The molecule has 0 aromatic heterocycles. The molecular formula is C10H19NO2. The molecule has 76 valence electrons. The first-order chi connectivity index (χ1) is 6.16. The second-order valence-electron chi connectivity index (χ2n) is 3.94. The van der Waals surface area contributed by atoms with Crippen LogP contribution < -0.4 is 0 Å². The Kier molecular flexibility index (Phi) is 3.58. The third kappa shape index (κ3) is 2.36. The average molecular weight is 185 g/mol. The first-order valence-electron chi connectivity index (χ1n) is 5.10. The monoisotopic (exact) mass is 185 g/mol. The van der Waals surface area contributed by atoms with Gasteiger partial charge in [0.05, 0.1) is 6.04 Å². The van der Waals surface area contributed by atoms with Crippen LogP contribution in [0, 0.1) is 5.92 Å². The van der Waals surface area contributed by atoms with Crippen LogP contribution >= 0.6 is 0 Å². The lowest BCUT2D eigenvalue weighted by atomic mass is 10.0. The van der Waals surface area contributed by atoms with Crippen molar-refractivity contribution >= 4 is 6.09 Å². The number of hydrogen-bond acceptors (Lipinski definition) is 2. The molecule has 3 nitrogen and oxygen atoms in total. The fourth-order valence-electron chi connectivity index (χ4n) is 1.60. The maximum atomic E-state index is 11.3. The molecule has 0 aromatic rings. The molecule has 1 atom stereocenters. The Bertz CT molecular complexity index is 180. The summed E-state index contributed by atoms with van der Waals surface area (Å²) in [6, 6.07) is 0.291. The standard InChI is InChI=1S/C10H19NO2/c1-4-5-6-11-9(8(2)3)7-13-10(11)12/h8-9H,4-7H2,1-3H3.